The predicted molar refractivity (Wildman–Crippen MR) is 64.6 cm³/mol. The van der Waals surface area contributed by atoms with Crippen molar-refractivity contribution in [1.29, 1.82) is 0 Å². The second-order valence-corrected chi connectivity index (χ2v) is 3.94. The van der Waals surface area contributed by atoms with Crippen molar-refractivity contribution >= 4 is 11.5 Å². The molecule has 0 atom stereocenters. The van der Waals surface area contributed by atoms with Crippen molar-refractivity contribution in [3.05, 3.63) is 52.8 Å². The van der Waals surface area contributed by atoms with Crippen LogP contribution in [0.2, 0.25) is 0 Å². The van der Waals surface area contributed by atoms with Crippen LogP contribution in [0.5, 0.6) is 0 Å². The number of carbonyl (C=O) groups is 1. The molecule has 82 valence electrons. The highest BCUT2D eigenvalue weighted by Gasteiger charge is 2.13. The van der Waals surface area contributed by atoms with Crippen LogP contribution in [0.3, 0.4) is 0 Å². The van der Waals surface area contributed by atoms with Gasteiger partial charge in [-0.2, -0.15) is 0 Å². The number of nitrogen functional groups attached to an aromatic ring is 1. The van der Waals surface area contributed by atoms with Crippen LogP contribution in [0, 0.1) is 13.8 Å². The maximum Gasteiger partial charge on any atom is 0.209 e. The highest BCUT2D eigenvalue weighted by molar-refractivity contribution is 6.09. The van der Waals surface area contributed by atoms with E-state index < -0.39 is 0 Å². The normalized spacial score (nSPS) is 10.4. The van der Waals surface area contributed by atoms with Gasteiger partial charge in [-0.25, -0.2) is 0 Å². The number of H-pyrrole nitrogens is 1. The summed E-state index contributed by atoms with van der Waals surface area (Å²) < 4.78 is 0. The van der Waals surface area contributed by atoms with Crippen molar-refractivity contribution in [3.63, 3.8) is 0 Å². The Morgan fingerprint density at radius 2 is 2.00 bits per heavy atom. The highest BCUT2D eigenvalue weighted by atomic mass is 16.1. The number of ketones is 1. The lowest BCUT2D eigenvalue weighted by Gasteiger charge is -2.07. The van der Waals surface area contributed by atoms with E-state index in [0.717, 1.165) is 11.1 Å². The molecule has 1 heterocycles. The van der Waals surface area contributed by atoms with Crippen LogP contribution in [-0.2, 0) is 0 Å². The predicted octanol–water partition coefficient (Wildman–Crippen LogP) is 2.44. The number of aromatic amines is 1. The van der Waals surface area contributed by atoms with Crippen molar-refractivity contribution in [3.8, 4) is 0 Å². The second kappa shape index (κ2) is 3.85. The third-order valence-corrected chi connectivity index (χ3v) is 2.70. The molecule has 0 aliphatic rings. The summed E-state index contributed by atoms with van der Waals surface area (Å²) in [5, 5.41) is 0. The van der Waals surface area contributed by atoms with E-state index in [1.54, 1.807) is 24.4 Å². The van der Waals surface area contributed by atoms with Crippen LogP contribution in [0.1, 0.15) is 27.2 Å². The number of nitrogens with two attached hydrogens (primary N) is 1. The fourth-order valence-electron chi connectivity index (χ4n) is 1.73. The van der Waals surface area contributed by atoms with E-state index in [0.29, 0.717) is 16.9 Å². The fraction of sp³-hybridized carbons (Fsp3) is 0.154. The lowest BCUT2D eigenvalue weighted by atomic mass is 9.99. The van der Waals surface area contributed by atoms with Crippen LogP contribution in [-0.4, -0.2) is 10.8 Å². The smallest absolute Gasteiger partial charge is 0.209 e. The zero-order chi connectivity index (χ0) is 11.7. The summed E-state index contributed by atoms with van der Waals surface area (Å²) in [7, 11) is 0. The minimum absolute atomic E-state index is 0.0193. The number of rotatable bonds is 2. The van der Waals surface area contributed by atoms with Gasteiger partial charge < -0.3 is 10.7 Å². The minimum Gasteiger partial charge on any atom is -0.398 e. The van der Waals surface area contributed by atoms with E-state index in [-0.39, 0.29) is 5.78 Å². The molecule has 16 heavy (non-hydrogen) atoms. The molecular weight excluding hydrogens is 200 g/mol. The van der Waals surface area contributed by atoms with Crippen molar-refractivity contribution < 1.29 is 4.79 Å². The summed E-state index contributed by atoms with van der Waals surface area (Å²) in [6, 6.07) is 7.25. The van der Waals surface area contributed by atoms with Crippen molar-refractivity contribution in [1.82, 2.24) is 4.98 Å². The quantitative estimate of drug-likeness (QED) is 0.596. The average molecular weight is 214 g/mol. The van der Waals surface area contributed by atoms with Gasteiger partial charge in [0.25, 0.3) is 0 Å². The van der Waals surface area contributed by atoms with Gasteiger partial charge in [0.15, 0.2) is 0 Å². The van der Waals surface area contributed by atoms with E-state index in [1.165, 1.54) is 0 Å². The number of aromatic nitrogens is 1. The number of benzene rings is 1. The number of anilines is 1. The molecule has 0 radical (unpaired) electrons. The van der Waals surface area contributed by atoms with E-state index in [4.69, 9.17) is 5.73 Å². The maximum atomic E-state index is 12.1. The van der Waals surface area contributed by atoms with E-state index in [2.05, 4.69) is 4.98 Å². The molecule has 3 nitrogen and oxygen atoms in total. The summed E-state index contributed by atoms with van der Waals surface area (Å²) in [4.78, 5) is 15.0. The Balaban J connectivity index is 2.49. The number of carbonyl (C=O) groups excluding carboxylic acids is 1. The van der Waals surface area contributed by atoms with Crippen molar-refractivity contribution in [2.24, 2.45) is 0 Å². The molecule has 3 heteroatoms. The van der Waals surface area contributed by atoms with Gasteiger partial charge in [-0.1, -0.05) is 6.07 Å². The van der Waals surface area contributed by atoms with Gasteiger partial charge in [-0.15, -0.1) is 0 Å². The Hall–Kier alpha value is -2.03. The van der Waals surface area contributed by atoms with Crippen LogP contribution in [0.15, 0.2) is 30.5 Å². The van der Waals surface area contributed by atoms with Crippen LogP contribution < -0.4 is 5.73 Å². The zero-order valence-corrected chi connectivity index (χ0v) is 9.37. The van der Waals surface area contributed by atoms with Gasteiger partial charge in [-0.3, -0.25) is 4.79 Å². The minimum atomic E-state index is -0.0193. The lowest BCUT2D eigenvalue weighted by molar-refractivity contribution is 0.103. The zero-order valence-electron chi connectivity index (χ0n) is 9.37. The van der Waals surface area contributed by atoms with Gasteiger partial charge in [0.2, 0.25) is 5.78 Å². The van der Waals surface area contributed by atoms with Crippen molar-refractivity contribution in [2.45, 2.75) is 13.8 Å². The molecule has 1 aromatic carbocycles. The first kappa shape index (κ1) is 10.5. The molecule has 0 aliphatic heterocycles. The highest BCUT2D eigenvalue weighted by Crippen LogP contribution is 2.20. The number of nitrogens with one attached hydrogen (secondary N) is 1. The second-order valence-electron chi connectivity index (χ2n) is 3.94. The van der Waals surface area contributed by atoms with Gasteiger partial charge in [-0.05, 0) is 43.2 Å². The molecule has 0 unspecified atom stereocenters. The number of aryl methyl sites for hydroxylation is 2. The van der Waals surface area contributed by atoms with Gasteiger partial charge in [0.05, 0.1) is 5.69 Å². The third kappa shape index (κ3) is 1.72. The average Bonchev–Trinajstić information content (AvgIpc) is 2.75. The van der Waals surface area contributed by atoms with Crippen LogP contribution in [0.25, 0.3) is 0 Å². The van der Waals surface area contributed by atoms with Crippen LogP contribution >= 0.6 is 0 Å². The largest absolute Gasteiger partial charge is 0.398 e. The molecule has 0 spiro atoms. The molecule has 0 saturated heterocycles. The van der Waals surface area contributed by atoms with Gasteiger partial charge in [0, 0.05) is 17.4 Å². The Kier molecular flexibility index (Phi) is 2.52. The van der Waals surface area contributed by atoms with E-state index in [9.17, 15) is 4.79 Å². The Morgan fingerprint density at radius 3 is 2.62 bits per heavy atom. The standard InChI is InChI=1S/C13H14N2O/c1-8-6-9(2)11(14)7-10(8)13(16)12-4-3-5-15-12/h3-7,15H,14H2,1-2H3. The molecule has 0 amide bonds. The summed E-state index contributed by atoms with van der Waals surface area (Å²) in [5.41, 5.74) is 9.67. The van der Waals surface area contributed by atoms with Gasteiger partial charge >= 0.3 is 0 Å². The Bertz CT molecular complexity index is 527. The van der Waals surface area contributed by atoms with Crippen LogP contribution in [0.4, 0.5) is 5.69 Å². The SMILES string of the molecule is Cc1cc(C)c(C(=O)c2ccc[nH]2)cc1N. The van der Waals surface area contributed by atoms with Gasteiger partial charge in [0.1, 0.15) is 0 Å². The monoisotopic (exact) mass is 214 g/mol. The molecule has 2 aromatic rings. The molecule has 0 bridgehead atoms. The maximum absolute atomic E-state index is 12.1. The van der Waals surface area contributed by atoms with E-state index >= 15 is 0 Å². The lowest BCUT2D eigenvalue weighted by Crippen LogP contribution is -2.06. The Morgan fingerprint density at radius 1 is 1.25 bits per heavy atom. The summed E-state index contributed by atoms with van der Waals surface area (Å²) >= 11 is 0. The molecule has 1 aromatic heterocycles. The number of hydrogen-bond donors (Lipinski definition) is 2. The molecule has 3 N–H and O–H groups in total. The number of hydrogen-bond acceptors (Lipinski definition) is 2. The van der Waals surface area contributed by atoms with E-state index in [1.807, 2.05) is 19.9 Å². The molecule has 0 aliphatic carbocycles. The first-order valence-electron chi connectivity index (χ1n) is 5.14. The fourth-order valence-corrected chi connectivity index (χ4v) is 1.73. The summed E-state index contributed by atoms with van der Waals surface area (Å²) in [6.45, 7) is 3.86. The van der Waals surface area contributed by atoms with Crippen molar-refractivity contribution in [2.75, 3.05) is 5.73 Å². The first-order chi connectivity index (χ1) is 7.59. The third-order valence-electron chi connectivity index (χ3n) is 2.70. The molecule has 2 rings (SSSR count). The molecule has 0 fully saturated rings. The molecule has 0 saturated carbocycles. The first-order valence-corrected chi connectivity index (χ1v) is 5.14. The topological polar surface area (TPSA) is 58.9 Å². The summed E-state index contributed by atoms with van der Waals surface area (Å²) in [5.74, 6) is -0.0193. The summed E-state index contributed by atoms with van der Waals surface area (Å²) in [6.07, 6.45) is 1.74. The Labute approximate surface area is 94.3 Å². The molecular formula is C13H14N2O.